The molecule has 0 aliphatic carbocycles. The minimum atomic E-state index is -0.489. The Labute approximate surface area is 218 Å². The first-order valence-electron chi connectivity index (χ1n) is 11.8. The van der Waals surface area contributed by atoms with E-state index in [0.717, 1.165) is 44.1 Å². The third kappa shape index (κ3) is 5.57. The minimum Gasteiger partial charge on any atom is -0.489 e. The third-order valence-corrected chi connectivity index (χ3v) is 6.93. The lowest BCUT2D eigenvalue weighted by Gasteiger charge is -2.13. The Morgan fingerprint density at radius 2 is 1.70 bits per heavy atom. The molecule has 0 radical (unpaired) electrons. The van der Waals surface area contributed by atoms with Gasteiger partial charge in [-0.1, -0.05) is 72.8 Å². The summed E-state index contributed by atoms with van der Waals surface area (Å²) in [5.41, 5.74) is 3.35. The zero-order valence-corrected chi connectivity index (χ0v) is 21.0. The van der Waals surface area contributed by atoms with Gasteiger partial charge in [-0.2, -0.15) is 0 Å². The summed E-state index contributed by atoms with van der Waals surface area (Å²) in [6, 6.07) is 28.9. The molecule has 1 aliphatic rings. The van der Waals surface area contributed by atoms with E-state index in [4.69, 9.17) is 4.74 Å². The van der Waals surface area contributed by atoms with Crippen LogP contribution < -0.4 is 10.1 Å². The molecule has 1 saturated heterocycles. The van der Waals surface area contributed by atoms with E-state index in [1.807, 2.05) is 73.7 Å². The predicted octanol–water partition coefficient (Wildman–Crippen LogP) is 6.40. The normalized spacial score (nSPS) is 14.4. The smallest absolute Gasteiger partial charge is 0.294 e. The van der Waals surface area contributed by atoms with Crippen molar-refractivity contribution in [1.29, 1.82) is 0 Å². The van der Waals surface area contributed by atoms with Gasteiger partial charge in [0, 0.05) is 5.69 Å². The van der Waals surface area contributed by atoms with Gasteiger partial charge in [0.05, 0.1) is 4.91 Å². The summed E-state index contributed by atoms with van der Waals surface area (Å²) in [6.07, 6.45) is 1.65. The molecule has 5 rings (SSSR count). The van der Waals surface area contributed by atoms with Crippen molar-refractivity contribution >= 4 is 51.4 Å². The second kappa shape index (κ2) is 10.7. The van der Waals surface area contributed by atoms with Crippen molar-refractivity contribution in [3.8, 4) is 5.75 Å². The summed E-state index contributed by atoms with van der Waals surface area (Å²) < 4.78 is 6.04. The van der Waals surface area contributed by atoms with Crippen LogP contribution in [0.15, 0.2) is 95.9 Å². The lowest BCUT2D eigenvalue weighted by atomic mass is 10.1. The van der Waals surface area contributed by atoms with E-state index in [2.05, 4.69) is 23.5 Å². The Morgan fingerprint density at radius 3 is 2.57 bits per heavy atom. The third-order valence-electron chi connectivity index (χ3n) is 6.02. The van der Waals surface area contributed by atoms with Crippen LogP contribution in [0.4, 0.5) is 10.5 Å². The summed E-state index contributed by atoms with van der Waals surface area (Å²) in [6.45, 7) is 1.93. The van der Waals surface area contributed by atoms with Crippen LogP contribution in [-0.4, -0.2) is 28.5 Å². The maximum Gasteiger partial charge on any atom is 0.294 e. The number of carbonyl (C=O) groups is 3. The molecular formula is C30H24N2O4S. The summed E-state index contributed by atoms with van der Waals surface area (Å²) in [7, 11) is 0. The fraction of sp³-hybridized carbons (Fsp3) is 0.100. The average Bonchev–Trinajstić information content (AvgIpc) is 3.16. The molecule has 0 unspecified atom stereocenters. The minimum absolute atomic E-state index is 0.264. The lowest BCUT2D eigenvalue weighted by Crippen LogP contribution is -2.36. The SMILES string of the molecule is Cc1ccccc1NC(=O)CN1C(=O)S/C(=C/c2cccc(OCc3cccc4ccccc34)c2)C1=O. The number of carbonyl (C=O) groups excluding carboxylic acids is 3. The zero-order chi connectivity index (χ0) is 25.8. The second-order valence-corrected chi connectivity index (χ2v) is 9.62. The van der Waals surface area contributed by atoms with Crippen LogP contribution in [0, 0.1) is 6.92 Å². The fourth-order valence-electron chi connectivity index (χ4n) is 4.11. The number of ether oxygens (including phenoxy) is 1. The van der Waals surface area contributed by atoms with E-state index in [-0.39, 0.29) is 11.4 Å². The fourth-order valence-corrected chi connectivity index (χ4v) is 4.95. The number of nitrogens with zero attached hydrogens (tertiary/aromatic N) is 1. The van der Waals surface area contributed by atoms with Gasteiger partial charge >= 0.3 is 0 Å². The Morgan fingerprint density at radius 1 is 0.946 bits per heavy atom. The number of benzene rings is 4. The van der Waals surface area contributed by atoms with Crippen molar-refractivity contribution in [3.05, 3.63) is 113 Å². The van der Waals surface area contributed by atoms with Crippen molar-refractivity contribution < 1.29 is 19.1 Å². The highest BCUT2D eigenvalue weighted by Gasteiger charge is 2.36. The van der Waals surface area contributed by atoms with Gasteiger partial charge in [-0.25, -0.2) is 0 Å². The molecule has 3 amide bonds. The highest BCUT2D eigenvalue weighted by molar-refractivity contribution is 8.18. The van der Waals surface area contributed by atoms with E-state index < -0.39 is 17.1 Å². The topological polar surface area (TPSA) is 75.7 Å². The molecule has 0 bridgehead atoms. The molecule has 4 aromatic rings. The Kier molecular flexibility index (Phi) is 7.05. The standard InChI is InChI=1S/C30H24N2O4S/c1-20-8-2-5-15-26(20)31-28(33)18-32-29(34)27(37-30(32)35)17-21-9-6-13-24(16-21)36-19-23-12-7-11-22-10-3-4-14-25(22)23/h2-17H,18-19H2,1H3,(H,31,33)/b27-17+. The quantitative estimate of drug-likeness (QED) is 0.292. The number of amides is 3. The largest absolute Gasteiger partial charge is 0.489 e. The highest BCUT2D eigenvalue weighted by atomic mass is 32.2. The maximum absolute atomic E-state index is 12.9. The molecule has 0 aromatic heterocycles. The molecule has 184 valence electrons. The number of anilines is 1. The van der Waals surface area contributed by atoms with Crippen LogP contribution in [-0.2, 0) is 16.2 Å². The molecule has 1 fully saturated rings. The van der Waals surface area contributed by atoms with E-state index in [1.165, 1.54) is 0 Å². The van der Waals surface area contributed by atoms with Crippen molar-refractivity contribution in [2.24, 2.45) is 0 Å². The van der Waals surface area contributed by atoms with Crippen LogP contribution in [0.5, 0.6) is 5.75 Å². The van der Waals surface area contributed by atoms with E-state index >= 15 is 0 Å². The number of hydrogen-bond acceptors (Lipinski definition) is 5. The molecule has 37 heavy (non-hydrogen) atoms. The molecule has 1 heterocycles. The number of para-hydroxylation sites is 1. The van der Waals surface area contributed by atoms with Crippen molar-refractivity contribution in [1.82, 2.24) is 4.90 Å². The number of imide groups is 1. The summed E-state index contributed by atoms with van der Waals surface area (Å²) in [4.78, 5) is 39.1. The molecule has 1 aliphatic heterocycles. The summed E-state index contributed by atoms with van der Waals surface area (Å²) in [5.74, 6) is -0.266. The number of hydrogen-bond donors (Lipinski definition) is 1. The van der Waals surface area contributed by atoms with Gasteiger partial charge in [-0.05, 0) is 70.4 Å². The van der Waals surface area contributed by atoms with Gasteiger partial charge in [-0.3, -0.25) is 19.3 Å². The first-order chi connectivity index (χ1) is 18.0. The molecule has 7 heteroatoms. The van der Waals surface area contributed by atoms with E-state index in [1.54, 1.807) is 12.1 Å². The highest BCUT2D eigenvalue weighted by Crippen LogP contribution is 2.33. The van der Waals surface area contributed by atoms with Gasteiger partial charge in [0.2, 0.25) is 5.91 Å². The maximum atomic E-state index is 12.9. The summed E-state index contributed by atoms with van der Waals surface area (Å²) >= 11 is 0.823. The van der Waals surface area contributed by atoms with Crippen molar-refractivity contribution in [2.45, 2.75) is 13.5 Å². The molecule has 4 aromatic carbocycles. The number of thioether (sulfide) groups is 1. The Balaban J connectivity index is 1.25. The monoisotopic (exact) mass is 508 g/mol. The van der Waals surface area contributed by atoms with Gasteiger partial charge in [0.1, 0.15) is 18.9 Å². The number of aryl methyl sites for hydroxylation is 1. The second-order valence-electron chi connectivity index (χ2n) is 8.63. The van der Waals surface area contributed by atoms with Crippen LogP contribution in [0.25, 0.3) is 16.8 Å². The van der Waals surface area contributed by atoms with Gasteiger partial charge in [-0.15, -0.1) is 0 Å². The molecule has 0 atom stereocenters. The zero-order valence-electron chi connectivity index (χ0n) is 20.1. The van der Waals surface area contributed by atoms with Gasteiger partial charge < -0.3 is 10.1 Å². The molecule has 0 saturated carbocycles. The first kappa shape index (κ1) is 24.3. The number of fused-ring (bicyclic) bond motifs is 1. The number of rotatable bonds is 7. The van der Waals surface area contributed by atoms with E-state index in [9.17, 15) is 14.4 Å². The van der Waals surface area contributed by atoms with Gasteiger partial charge in [0.25, 0.3) is 11.1 Å². The Hall–Kier alpha value is -4.36. The van der Waals surface area contributed by atoms with Crippen molar-refractivity contribution in [2.75, 3.05) is 11.9 Å². The number of nitrogens with one attached hydrogen (secondary N) is 1. The molecule has 1 N–H and O–H groups in total. The molecule has 6 nitrogen and oxygen atoms in total. The van der Waals surface area contributed by atoms with Crippen LogP contribution in [0.3, 0.4) is 0 Å². The first-order valence-corrected chi connectivity index (χ1v) is 12.6. The molecule has 0 spiro atoms. The lowest BCUT2D eigenvalue weighted by molar-refractivity contribution is -0.127. The van der Waals surface area contributed by atoms with Crippen LogP contribution in [0.2, 0.25) is 0 Å². The van der Waals surface area contributed by atoms with Gasteiger partial charge in [0.15, 0.2) is 0 Å². The average molecular weight is 509 g/mol. The van der Waals surface area contributed by atoms with E-state index in [0.29, 0.717) is 18.0 Å². The van der Waals surface area contributed by atoms with Crippen molar-refractivity contribution in [3.63, 3.8) is 0 Å². The molecular weight excluding hydrogens is 484 g/mol. The van der Waals surface area contributed by atoms with Crippen LogP contribution in [0.1, 0.15) is 16.7 Å². The predicted molar refractivity (Wildman–Crippen MR) is 147 cm³/mol. The summed E-state index contributed by atoms with van der Waals surface area (Å²) in [5, 5.41) is 4.58. The Bertz CT molecular complexity index is 1540. The van der Waals surface area contributed by atoms with Crippen LogP contribution >= 0.6 is 11.8 Å².